The van der Waals surface area contributed by atoms with Gasteiger partial charge < -0.3 is 11.5 Å². The van der Waals surface area contributed by atoms with Gasteiger partial charge in [-0.05, 0) is 24.3 Å². The van der Waals surface area contributed by atoms with E-state index >= 15 is 0 Å². The third kappa shape index (κ3) is 3.19. The van der Waals surface area contributed by atoms with Crippen LogP contribution in [0.5, 0.6) is 0 Å². The molecule has 0 radical (unpaired) electrons. The van der Waals surface area contributed by atoms with Crippen molar-refractivity contribution in [3.05, 3.63) is 29.3 Å². The van der Waals surface area contributed by atoms with E-state index in [1.807, 2.05) is 0 Å². The highest BCUT2D eigenvalue weighted by Gasteiger charge is 2.21. The minimum absolute atomic E-state index is 0.0635. The standard InChI is InChI=1S/C9H11ClN2O3S/c10-6-1-3-7(4-2-6)16(14,15)5-8(11)9(12)13/h1-4,8H,5,11H2,(H2,12,13). The second-order valence-corrected chi connectivity index (χ2v) is 5.71. The lowest BCUT2D eigenvalue weighted by atomic mass is 10.3. The molecule has 1 rings (SSSR count). The zero-order chi connectivity index (χ0) is 12.3. The Balaban J connectivity index is 2.94. The molecular weight excluding hydrogens is 252 g/mol. The fourth-order valence-electron chi connectivity index (χ4n) is 1.06. The molecule has 88 valence electrons. The van der Waals surface area contributed by atoms with E-state index in [4.69, 9.17) is 23.1 Å². The van der Waals surface area contributed by atoms with Gasteiger partial charge >= 0.3 is 0 Å². The number of hydrogen-bond donors (Lipinski definition) is 2. The Hall–Kier alpha value is -1.11. The van der Waals surface area contributed by atoms with Crippen molar-refractivity contribution in [2.75, 3.05) is 5.75 Å². The second kappa shape index (κ2) is 4.82. The summed E-state index contributed by atoms with van der Waals surface area (Å²) < 4.78 is 23.5. The normalized spacial score (nSPS) is 13.4. The van der Waals surface area contributed by atoms with E-state index in [1.54, 1.807) is 0 Å². The van der Waals surface area contributed by atoms with Crippen molar-refractivity contribution in [2.45, 2.75) is 10.9 Å². The maximum Gasteiger partial charge on any atom is 0.235 e. The molecule has 0 spiro atoms. The summed E-state index contributed by atoms with van der Waals surface area (Å²) in [4.78, 5) is 10.7. The first-order valence-corrected chi connectivity index (χ1v) is 6.39. The Kier molecular flexibility index (Phi) is 3.90. The van der Waals surface area contributed by atoms with Crippen molar-refractivity contribution in [3.63, 3.8) is 0 Å². The highest BCUT2D eigenvalue weighted by atomic mass is 35.5. The summed E-state index contributed by atoms with van der Waals surface area (Å²) >= 11 is 5.62. The van der Waals surface area contributed by atoms with Crippen LogP contribution in [-0.2, 0) is 14.6 Å². The molecule has 16 heavy (non-hydrogen) atoms. The number of hydrogen-bond acceptors (Lipinski definition) is 4. The van der Waals surface area contributed by atoms with Gasteiger partial charge in [-0.25, -0.2) is 8.42 Å². The van der Waals surface area contributed by atoms with Gasteiger partial charge in [0.2, 0.25) is 5.91 Å². The van der Waals surface area contributed by atoms with E-state index in [9.17, 15) is 13.2 Å². The summed E-state index contributed by atoms with van der Waals surface area (Å²) in [5, 5.41) is 0.429. The number of sulfone groups is 1. The van der Waals surface area contributed by atoms with Gasteiger partial charge in [-0.2, -0.15) is 0 Å². The highest BCUT2D eigenvalue weighted by molar-refractivity contribution is 7.91. The third-order valence-electron chi connectivity index (χ3n) is 1.94. The number of nitrogens with two attached hydrogens (primary N) is 2. The van der Waals surface area contributed by atoms with Gasteiger partial charge in [0, 0.05) is 5.02 Å². The van der Waals surface area contributed by atoms with Crippen LogP contribution in [0.15, 0.2) is 29.2 Å². The van der Waals surface area contributed by atoms with Gasteiger partial charge in [0.05, 0.1) is 16.7 Å². The molecule has 0 aromatic heterocycles. The Morgan fingerprint density at radius 1 is 1.31 bits per heavy atom. The highest BCUT2D eigenvalue weighted by Crippen LogP contribution is 2.15. The molecule has 0 bridgehead atoms. The van der Waals surface area contributed by atoms with E-state index < -0.39 is 27.5 Å². The first-order chi connectivity index (χ1) is 7.33. The van der Waals surface area contributed by atoms with Crippen LogP contribution in [0.4, 0.5) is 0 Å². The van der Waals surface area contributed by atoms with Gasteiger partial charge in [-0.3, -0.25) is 4.79 Å². The molecule has 4 N–H and O–H groups in total. The number of benzene rings is 1. The van der Waals surface area contributed by atoms with Crippen molar-refractivity contribution < 1.29 is 13.2 Å². The van der Waals surface area contributed by atoms with Crippen LogP contribution < -0.4 is 11.5 Å². The monoisotopic (exact) mass is 262 g/mol. The molecule has 0 heterocycles. The topological polar surface area (TPSA) is 103 Å². The van der Waals surface area contributed by atoms with Crippen LogP contribution in [0.3, 0.4) is 0 Å². The zero-order valence-electron chi connectivity index (χ0n) is 8.26. The number of primary amides is 1. The minimum atomic E-state index is -3.61. The third-order valence-corrected chi connectivity index (χ3v) is 3.98. The van der Waals surface area contributed by atoms with Crippen LogP contribution >= 0.6 is 11.6 Å². The minimum Gasteiger partial charge on any atom is -0.368 e. The maximum absolute atomic E-state index is 11.7. The molecule has 0 fully saturated rings. The van der Waals surface area contributed by atoms with Gasteiger partial charge in [0.15, 0.2) is 9.84 Å². The summed E-state index contributed by atoms with van der Waals surface area (Å²) in [7, 11) is -3.61. The molecule has 7 heteroatoms. The number of carbonyl (C=O) groups excluding carboxylic acids is 1. The second-order valence-electron chi connectivity index (χ2n) is 3.24. The van der Waals surface area contributed by atoms with Crippen LogP contribution in [0.25, 0.3) is 0 Å². The Bertz CT molecular complexity index is 484. The average Bonchev–Trinajstić information content (AvgIpc) is 2.17. The Morgan fingerprint density at radius 3 is 2.25 bits per heavy atom. The van der Waals surface area contributed by atoms with E-state index in [2.05, 4.69) is 0 Å². The first kappa shape index (κ1) is 13.0. The van der Waals surface area contributed by atoms with Crippen molar-refractivity contribution in [1.82, 2.24) is 0 Å². The molecule has 1 unspecified atom stereocenters. The lowest BCUT2D eigenvalue weighted by molar-refractivity contribution is -0.118. The maximum atomic E-state index is 11.7. The number of carbonyl (C=O) groups is 1. The zero-order valence-corrected chi connectivity index (χ0v) is 9.83. The quantitative estimate of drug-likeness (QED) is 0.792. The lowest BCUT2D eigenvalue weighted by Gasteiger charge is -2.08. The van der Waals surface area contributed by atoms with Crippen LogP contribution in [0, 0.1) is 0 Å². The fraction of sp³-hybridized carbons (Fsp3) is 0.222. The fourth-order valence-corrected chi connectivity index (χ4v) is 2.56. The molecule has 1 atom stereocenters. The Morgan fingerprint density at radius 2 is 1.81 bits per heavy atom. The molecule has 1 aromatic carbocycles. The van der Waals surface area contributed by atoms with E-state index in [0.29, 0.717) is 5.02 Å². The van der Waals surface area contributed by atoms with Crippen LogP contribution in [0.1, 0.15) is 0 Å². The SMILES string of the molecule is NC(=O)C(N)CS(=O)(=O)c1ccc(Cl)cc1. The smallest absolute Gasteiger partial charge is 0.235 e. The average molecular weight is 263 g/mol. The predicted octanol–water partition coefficient (Wildman–Crippen LogP) is -0.0737. The molecule has 1 aromatic rings. The molecular formula is C9H11ClN2O3S. The Labute approximate surface area is 98.3 Å². The summed E-state index contributed by atoms with van der Waals surface area (Å²) in [6.07, 6.45) is 0. The van der Waals surface area contributed by atoms with Gasteiger partial charge in [-0.15, -0.1) is 0 Å². The summed E-state index contributed by atoms with van der Waals surface area (Å²) in [6, 6.07) is 4.39. The first-order valence-electron chi connectivity index (χ1n) is 4.36. The van der Waals surface area contributed by atoms with E-state index in [0.717, 1.165) is 0 Å². The van der Waals surface area contributed by atoms with E-state index in [1.165, 1.54) is 24.3 Å². The summed E-state index contributed by atoms with van der Waals surface area (Å²) in [6.45, 7) is 0. The van der Waals surface area contributed by atoms with Gasteiger partial charge in [0.25, 0.3) is 0 Å². The molecule has 0 saturated carbocycles. The molecule has 0 saturated heterocycles. The molecule has 1 amide bonds. The van der Waals surface area contributed by atoms with Crippen molar-refractivity contribution in [3.8, 4) is 0 Å². The summed E-state index contributed by atoms with van der Waals surface area (Å²) in [5.41, 5.74) is 10.2. The number of halogens is 1. The molecule has 0 aliphatic heterocycles. The summed E-state index contributed by atoms with van der Waals surface area (Å²) in [5.74, 6) is -1.36. The molecule has 0 aliphatic carbocycles. The number of rotatable bonds is 4. The molecule has 0 aliphatic rings. The largest absolute Gasteiger partial charge is 0.368 e. The van der Waals surface area contributed by atoms with Crippen molar-refractivity contribution >= 4 is 27.3 Å². The van der Waals surface area contributed by atoms with Crippen molar-refractivity contribution in [1.29, 1.82) is 0 Å². The van der Waals surface area contributed by atoms with Crippen LogP contribution in [0.2, 0.25) is 5.02 Å². The van der Waals surface area contributed by atoms with Crippen LogP contribution in [-0.4, -0.2) is 26.1 Å². The van der Waals surface area contributed by atoms with Crippen molar-refractivity contribution in [2.24, 2.45) is 11.5 Å². The van der Waals surface area contributed by atoms with Gasteiger partial charge in [-0.1, -0.05) is 11.6 Å². The lowest BCUT2D eigenvalue weighted by Crippen LogP contribution is -2.41. The molecule has 5 nitrogen and oxygen atoms in total. The number of amides is 1. The van der Waals surface area contributed by atoms with E-state index in [-0.39, 0.29) is 4.90 Å². The predicted molar refractivity (Wildman–Crippen MR) is 60.7 cm³/mol. The van der Waals surface area contributed by atoms with Gasteiger partial charge in [0.1, 0.15) is 0 Å².